The van der Waals surface area contributed by atoms with Crippen LogP contribution in [0.2, 0.25) is 0 Å². The molecule has 0 radical (unpaired) electrons. The van der Waals surface area contributed by atoms with Gasteiger partial charge in [-0.05, 0) is 56.9 Å². The van der Waals surface area contributed by atoms with Gasteiger partial charge in [-0.3, -0.25) is 9.48 Å². The second-order valence-electron chi connectivity index (χ2n) is 7.44. The van der Waals surface area contributed by atoms with E-state index in [1.807, 2.05) is 19.9 Å². The van der Waals surface area contributed by atoms with Crippen molar-refractivity contribution < 1.29 is 4.79 Å². The molecule has 1 N–H and O–H groups in total. The third-order valence-corrected chi connectivity index (χ3v) is 4.52. The molecule has 0 spiro atoms. The second kappa shape index (κ2) is 6.63. The maximum absolute atomic E-state index is 12.0. The van der Waals surface area contributed by atoms with Crippen LogP contribution in [0.15, 0.2) is 11.2 Å². The van der Waals surface area contributed by atoms with Gasteiger partial charge in [-0.25, -0.2) is 5.43 Å². The number of rotatable bonds is 3. The second-order valence-corrected chi connectivity index (χ2v) is 7.44. The van der Waals surface area contributed by atoms with Gasteiger partial charge >= 0.3 is 0 Å². The summed E-state index contributed by atoms with van der Waals surface area (Å²) in [5.74, 6) is 0.633. The summed E-state index contributed by atoms with van der Waals surface area (Å²) in [6, 6.07) is 1.97. The first-order valence-electron chi connectivity index (χ1n) is 8.11. The van der Waals surface area contributed by atoms with Crippen molar-refractivity contribution in [2.24, 2.45) is 16.4 Å². The molecular formula is C17H28N4O. The Bertz CT molecular complexity index is 556. The minimum atomic E-state index is -0.114. The predicted molar refractivity (Wildman–Crippen MR) is 88.7 cm³/mol. The van der Waals surface area contributed by atoms with Crippen molar-refractivity contribution in [2.75, 3.05) is 0 Å². The number of hydrazone groups is 1. The monoisotopic (exact) mass is 304 g/mol. The number of hydrogen-bond donors (Lipinski definition) is 1. The number of hydrogen-bond acceptors (Lipinski definition) is 3. The molecule has 22 heavy (non-hydrogen) atoms. The number of aromatic nitrogens is 2. The fourth-order valence-electron chi connectivity index (χ4n) is 3.08. The summed E-state index contributed by atoms with van der Waals surface area (Å²) in [5, 5.41) is 8.60. The van der Waals surface area contributed by atoms with Crippen molar-refractivity contribution in [1.82, 2.24) is 15.2 Å². The number of amides is 1. The van der Waals surface area contributed by atoms with Crippen molar-refractivity contribution in [3.8, 4) is 0 Å². The average Bonchev–Trinajstić information content (AvgIpc) is 2.74. The molecule has 2 rings (SSSR count). The first-order chi connectivity index (χ1) is 10.3. The van der Waals surface area contributed by atoms with Crippen LogP contribution in [0.25, 0.3) is 0 Å². The van der Waals surface area contributed by atoms with E-state index in [0.29, 0.717) is 5.41 Å². The first kappa shape index (κ1) is 16.7. The number of aryl methyl sites for hydroxylation is 2. The highest BCUT2D eigenvalue weighted by Gasteiger charge is 2.28. The number of nitrogens with one attached hydrogen (secondary N) is 1. The lowest BCUT2D eigenvalue weighted by molar-refractivity contribution is -0.121. The zero-order valence-electron chi connectivity index (χ0n) is 14.4. The van der Waals surface area contributed by atoms with Crippen LogP contribution in [0.4, 0.5) is 0 Å². The Balaban J connectivity index is 1.83. The summed E-state index contributed by atoms with van der Waals surface area (Å²) in [4.78, 5) is 12.0. The minimum Gasteiger partial charge on any atom is -0.271 e. The molecule has 1 amide bonds. The molecule has 0 aromatic carbocycles. The normalized spacial score (nSPS) is 19.1. The van der Waals surface area contributed by atoms with E-state index in [0.717, 1.165) is 48.7 Å². The van der Waals surface area contributed by atoms with Crippen molar-refractivity contribution >= 4 is 11.6 Å². The highest BCUT2D eigenvalue weighted by Crippen LogP contribution is 2.36. The first-order valence-corrected chi connectivity index (χ1v) is 8.11. The molecule has 0 bridgehead atoms. The summed E-state index contributed by atoms with van der Waals surface area (Å²) in [6.45, 7) is 11.0. The van der Waals surface area contributed by atoms with Gasteiger partial charge < -0.3 is 0 Å². The molecule has 5 heteroatoms. The Labute approximate surface area is 133 Å². The van der Waals surface area contributed by atoms with E-state index in [1.54, 1.807) is 4.68 Å². The molecular weight excluding hydrogens is 276 g/mol. The highest BCUT2D eigenvalue weighted by atomic mass is 16.2. The van der Waals surface area contributed by atoms with Crippen LogP contribution in [-0.2, 0) is 11.3 Å². The SMILES string of the molecule is Cc1cc(C)n(CC(=O)NN=C2CCC(C(C)(C)C)CC2)n1. The Kier molecular flexibility index (Phi) is 5.04. The fourth-order valence-corrected chi connectivity index (χ4v) is 3.08. The Morgan fingerprint density at radius 1 is 1.36 bits per heavy atom. The molecule has 1 fully saturated rings. The van der Waals surface area contributed by atoms with Gasteiger partial charge in [-0.2, -0.15) is 10.2 Å². The summed E-state index contributed by atoms with van der Waals surface area (Å²) in [7, 11) is 0. The van der Waals surface area contributed by atoms with Crippen molar-refractivity contribution in [3.05, 3.63) is 17.5 Å². The number of carbonyl (C=O) groups excluding carboxylic acids is 1. The molecule has 0 aliphatic heterocycles. The smallest absolute Gasteiger partial charge is 0.261 e. The summed E-state index contributed by atoms with van der Waals surface area (Å²) in [6.07, 6.45) is 4.30. The van der Waals surface area contributed by atoms with Crippen LogP contribution in [-0.4, -0.2) is 21.4 Å². The molecule has 0 unspecified atom stereocenters. The average molecular weight is 304 g/mol. The van der Waals surface area contributed by atoms with Gasteiger partial charge in [0.1, 0.15) is 6.54 Å². The molecule has 1 heterocycles. The van der Waals surface area contributed by atoms with Gasteiger partial charge in [0.2, 0.25) is 0 Å². The van der Waals surface area contributed by atoms with Crippen LogP contribution >= 0.6 is 0 Å². The maximum atomic E-state index is 12.0. The molecule has 1 saturated carbocycles. The minimum absolute atomic E-state index is 0.114. The van der Waals surface area contributed by atoms with E-state index in [2.05, 4.69) is 36.4 Å². The van der Waals surface area contributed by atoms with Crippen molar-refractivity contribution in [1.29, 1.82) is 0 Å². The van der Waals surface area contributed by atoms with Gasteiger partial charge in [-0.15, -0.1) is 0 Å². The molecule has 122 valence electrons. The third-order valence-electron chi connectivity index (χ3n) is 4.52. The standard InChI is InChI=1S/C17H28N4O/c1-12-10-13(2)21(20-12)11-16(22)19-18-15-8-6-14(7-9-15)17(3,4)5/h10,14H,6-9,11H2,1-5H3,(H,19,22). The predicted octanol–water partition coefficient (Wildman–Crippen LogP) is 3.21. The quantitative estimate of drug-likeness (QED) is 0.872. The third kappa shape index (κ3) is 4.42. The molecule has 0 saturated heterocycles. The van der Waals surface area contributed by atoms with Gasteiger partial charge in [0.15, 0.2) is 0 Å². The largest absolute Gasteiger partial charge is 0.271 e. The van der Waals surface area contributed by atoms with Crippen LogP contribution < -0.4 is 5.43 Å². The van der Waals surface area contributed by atoms with Gasteiger partial charge in [0, 0.05) is 11.4 Å². The summed E-state index contributed by atoms with van der Waals surface area (Å²) < 4.78 is 1.71. The van der Waals surface area contributed by atoms with Gasteiger partial charge in [0.25, 0.3) is 5.91 Å². The fraction of sp³-hybridized carbons (Fsp3) is 0.706. The zero-order chi connectivity index (χ0) is 16.3. The van der Waals surface area contributed by atoms with E-state index >= 15 is 0 Å². The van der Waals surface area contributed by atoms with Crippen LogP contribution in [0.1, 0.15) is 57.8 Å². The number of carbonyl (C=O) groups is 1. The lowest BCUT2D eigenvalue weighted by Crippen LogP contribution is -2.29. The van der Waals surface area contributed by atoms with Crippen molar-refractivity contribution in [2.45, 2.75) is 66.8 Å². The van der Waals surface area contributed by atoms with E-state index < -0.39 is 0 Å². The van der Waals surface area contributed by atoms with E-state index in [1.165, 1.54) is 0 Å². The Morgan fingerprint density at radius 3 is 2.50 bits per heavy atom. The topological polar surface area (TPSA) is 59.3 Å². The highest BCUT2D eigenvalue weighted by molar-refractivity contribution is 5.86. The van der Waals surface area contributed by atoms with Crippen molar-refractivity contribution in [3.63, 3.8) is 0 Å². The summed E-state index contributed by atoms with van der Waals surface area (Å²) >= 11 is 0. The van der Waals surface area contributed by atoms with E-state index in [-0.39, 0.29) is 12.5 Å². The Hall–Kier alpha value is -1.65. The van der Waals surface area contributed by atoms with Crippen LogP contribution in [0.5, 0.6) is 0 Å². The molecule has 1 aromatic rings. The lowest BCUT2D eigenvalue weighted by atomic mass is 9.72. The molecule has 1 aromatic heterocycles. The molecule has 0 atom stereocenters. The number of nitrogens with zero attached hydrogens (tertiary/aromatic N) is 3. The lowest BCUT2D eigenvalue weighted by Gasteiger charge is -2.34. The van der Waals surface area contributed by atoms with Gasteiger partial charge in [0.05, 0.1) is 5.69 Å². The summed E-state index contributed by atoms with van der Waals surface area (Å²) in [5.41, 5.74) is 6.08. The Morgan fingerprint density at radius 2 is 2.00 bits per heavy atom. The zero-order valence-corrected chi connectivity index (χ0v) is 14.4. The van der Waals surface area contributed by atoms with Gasteiger partial charge in [-0.1, -0.05) is 20.8 Å². The van der Waals surface area contributed by atoms with Crippen LogP contribution in [0.3, 0.4) is 0 Å². The maximum Gasteiger partial charge on any atom is 0.261 e. The van der Waals surface area contributed by atoms with Crippen LogP contribution in [0, 0.1) is 25.2 Å². The van der Waals surface area contributed by atoms with E-state index in [9.17, 15) is 4.79 Å². The molecule has 1 aliphatic rings. The molecule has 5 nitrogen and oxygen atoms in total. The van der Waals surface area contributed by atoms with E-state index in [4.69, 9.17) is 0 Å². The molecule has 1 aliphatic carbocycles.